The van der Waals surface area contributed by atoms with Gasteiger partial charge in [-0.3, -0.25) is 14.4 Å². The number of aromatic nitrogens is 1. The Morgan fingerprint density at radius 3 is 2.25 bits per heavy atom. The van der Waals surface area contributed by atoms with E-state index in [9.17, 15) is 18.8 Å². The summed E-state index contributed by atoms with van der Waals surface area (Å²) in [6.45, 7) is 1.75. The van der Waals surface area contributed by atoms with Gasteiger partial charge >= 0.3 is 0 Å². The first-order chi connectivity index (χ1) is 15.3. The molecule has 0 aliphatic carbocycles. The molecule has 0 bridgehead atoms. The van der Waals surface area contributed by atoms with Crippen molar-refractivity contribution in [3.63, 3.8) is 0 Å². The zero-order valence-electron chi connectivity index (χ0n) is 18.4. The van der Waals surface area contributed by atoms with Gasteiger partial charge < -0.3 is 14.4 Å². The maximum absolute atomic E-state index is 13.3. The smallest absolute Gasteiger partial charge is 0.255 e. The molecule has 166 valence electrons. The van der Waals surface area contributed by atoms with Crippen LogP contribution in [-0.2, 0) is 11.3 Å². The average Bonchev–Trinajstić information content (AvgIpc) is 2.81. The van der Waals surface area contributed by atoms with E-state index >= 15 is 0 Å². The van der Waals surface area contributed by atoms with Crippen molar-refractivity contribution in [2.45, 2.75) is 25.9 Å². The predicted molar refractivity (Wildman–Crippen MR) is 122 cm³/mol. The largest absolute Gasteiger partial charge is 0.335 e. The second-order valence-electron chi connectivity index (χ2n) is 7.56. The monoisotopic (exact) mass is 435 g/mol. The van der Waals surface area contributed by atoms with Crippen LogP contribution in [0.2, 0.25) is 0 Å². The van der Waals surface area contributed by atoms with E-state index in [4.69, 9.17) is 0 Å². The van der Waals surface area contributed by atoms with E-state index in [0.717, 1.165) is 5.56 Å². The van der Waals surface area contributed by atoms with E-state index < -0.39 is 0 Å². The Balaban J connectivity index is 1.80. The molecule has 0 saturated carbocycles. The Bertz CT molecular complexity index is 1140. The van der Waals surface area contributed by atoms with E-state index in [1.54, 1.807) is 43.3 Å². The van der Waals surface area contributed by atoms with Crippen molar-refractivity contribution >= 4 is 17.5 Å². The van der Waals surface area contributed by atoms with Crippen molar-refractivity contribution in [3.05, 3.63) is 100 Å². The number of amides is 2. The normalized spacial score (nSPS) is 11.6. The van der Waals surface area contributed by atoms with Crippen LogP contribution >= 0.6 is 0 Å². The van der Waals surface area contributed by atoms with Gasteiger partial charge in [-0.1, -0.05) is 37.3 Å². The van der Waals surface area contributed by atoms with E-state index in [2.05, 4.69) is 0 Å². The minimum atomic E-state index is -0.371. The number of nitrogens with zero attached hydrogens (tertiary/aromatic N) is 3. The molecular weight excluding hydrogens is 409 g/mol. The molecule has 0 aliphatic rings. The number of halogens is 1. The second kappa shape index (κ2) is 10.0. The fourth-order valence-electron chi connectivity index (χ4n) is 3.59. The van der Waals surface area contributed by atoms with E-state index in [1.807, 2.05) is 25.1 Å². The molecule has 0 N–H and O–H groups in total. The Kier molecular flexibility index (Phi) is 7.20. The van der Waals surface area contributed by atoms with Crippen LogP contribution in [0.1, 0.15) is 35.3 Å². The maximum atomic E-state index is 13.3. The highest BCUT2D eigenvalue weighted by molar-refractivity contribution is 5.95. The molecule has 7 heteroatoms. The van der Waals surface area contributed by atoms with Gasteiger partial charge in [-0.05, 0) is 42.3 Å². The molecule has 2 amide bonds. The summed E-state index contributed by atoms with van der Waals surface area (Å²) in [6, 6.07) is 17.6. The number of carbonyl (C=O) groups excluding carboxylic acids is 2. The zero-order valence-corrected chi connectivity index (χ0v) is 18.4. The summed E-state index contributed by atoms with van der Waals surface area (Å²) < 4.78 is 14.5. The lowest BCUT2D eigenvalue weighted by atomic mass is 10.0. The van der Waals surface area contributed by atoms with Gasteiger partial charge in [0.15, 0.2) is 0 Å². The van der Waals surface area contributed by atoms with Gasteiger partial charge in [-0.25, -0.2) is 4.39 Å². The molecule has 0 aliphatic heterocycles. The minimum absolute atomic E-state index is 0.190. The first-order valence-corrected chi connectivity index (χ1v) is 10.4. The fraction of sp³-hybridized carbons (Fsp3) is 0.240. The third-order valence-electron chi connectivity index (χ3n) is 5.48. The highest BCUT2D eigenvalue weighted by Gasteiger charge is 2.22. The molecule has 1 aromatic heterocycles. The zero-order chi connectivity index (χ0) is 23.3. The van der Waals surface area contributed by atoms with Gasteiger partial charge in [0.1, 0.15) is 12.4 Å². The van der Waals surface area contributed by atoms with Crippen molar-refractivity contribution in [1.82, 2.24) is 9.47 Å². The van der Waals surface area contributed by atoms with Crippen molar-refractivity contribution in [3.8, 4) is 0 Å². The van der Waals surface area contributed by atoms with Crippen LogP contribution in [0.5, 0.6) is 0 Å². The minimum Gasteiger partial charge on any atom is -0.335 e. The fourth-order valence-corrected chi connectivity index (χ4v) is 3.59. The van der Waals surface area contributed by atoms with Gasteiger partial charge in [-0.15, -0.1) is 0 Å². The van der Waals surface area contributed by atoms with Crippen molar-refractivity contribution in [2.75, 3.05) is 19.0 Å². The molecule has 32 heavy (non-hydrogen) atoms. The van der Waals surface area contributed by atoms with Gasteiger partial charge in [0.2, 0.25) is 5.91 Å². The summed E-state index contributed by atoms with van der Waals surface area (Å²) in [5.74, 6) is -0.914. The van der Waals surface area contributed by atoms with E-state index in [-0.39, 0.29) is 35.8 Å². The number of hydrogen-bond donors (Lipinski definition) is 0. The van der Waals surface area contributed by atoms with Gasteiger partial charge in [0.05, 0.1) is 11.6 Å². The summed E-state index contributed by atoms with van der Waals surface area (Å²) in [4.78, 5) is 41.2. The third kappa shape index (κ3) is 5.11. The molecule has 0 saturated heterocycles. The molecule has 3 aromatic rings. The molecule has 0 unspecified atom stereocenters. The Morgan fingerprint density at radius 1 is 0.969 bits per heavy atom. The molecule has 1 atom stereocenters. The van der Waals surface area contributed by atoms with E-state index in [1.165, 1.54) is 39.9 Å². The Morgan fingerprint density at radius 2 is 1.62 bits per heavy atom. The second-order valence-corrected chi connectivity index (χ2v) is 7.56. The average molecular weight is 435 g/mol. The lowest BCUT2D eigenvalue weighted by Crippen LogP contribution is -2.35. The molecule has 0 spiro atoms. The van der Waals surface area contributed by atoms with Crippen LogP contribution in [0.3, 0.4) is 0 Å². The van der Waals surface area contributed by atoms with Gasteiger partial charge in [0.25, 0.3) is 11.5 Å². The summed E-state index contributed by atoms with van der Waals surface area (Å²) in [6.07, 6.45) is 2.04. The molecule has 1 heterocycles. The highest BCUT2D eigenvalue weighted by Crippen LogP contribution is 2.24. The van der Waals surface area contributed by atoms with Crippen LogP contribution in [0.4, 0.5) is 10.1 Å². The number of carbonyl (C=O) groups is 2. The molecule has 0 fully saturated rings. The summed E-state index contributed by atoms with van der Waals surface area (Å²) >= 11 is 0. The third-order valence-corrected chi connectivity index (χ3v) is 5.48. The van der Waals surface area contributed by atoms with Crippen LogP contribution in [0.25, 0.3) is 0 Å². The lowest BCUT2D eigenvalue weighted by molar-refractivity contribution is -0.118. The van der Waals surface area contributed by atoms with Crippen molar-refractivity contribution in [2.24, 2.45) is 0 Å². The highest BCUT2D eigenvalue weighted by atomic mass is 19.1. The van der Waals surface area contributed by atoms with Crippen LogP contribution < -0.4 is 10.5 Å². The molecule has 3 rings (SSSR count). The van der Waals surface area contributed by atoms with Crippen LogP contribution in [-0.4, -0.2) is 35.4 Å². The Labute approximate surface area is 186 Å². The first kappa shape index (κ1) is 22.9. The molecular formula is C25H26FN3O3. The lowest BCUT2D eigenvalue weighted by Gasteiger charge is -2.28. The Hall–Kier alpha value is -3.74. The maximum Gasteiger partial charge on any atom is 0.255 e. The van der Waals surface area contributed by atoms with Gasteiger partial charge in [-0.2, -0.15) is 0 Å². The number of anilines is 1. The van der Waals surface area contributed by atoms with Crippen LogP contribution in [0, 0.1) is 5.82 Å². The van der Waals surface area contributed by atoms with Gasteiger partial charge in [0, 0.05) is 32.0 Å². The predicted octanol–water partition coefficient (Wildman–Crippen LogP) is 3.87. The molecule has 6 nitrogen and oxygen atoms in total. The number of benzene rings is 2. The number of rotatable bonds is 7. The summed E-state index contributed by atoms with van der Waals surface area (Å²) in [7, 11) is 3.31. The van der Waals surface area contributed by atoms with Crippen molar-refractivity contribution in [1.29, 1.82) is 0 Å². The number of pyridine rings is 1. The number of hydrogen-bond acceptors (Lipinski definition) is 3. The van der Waals surface area contributed by atoms with Crippen LogP contribution in [0.15, 0.2) is 77.7 Å². The SMILES string of the molecule is CC[C@@H](c1ccc(F)cc1)N(C)C(=O)c1ccc(=O)n(CC(=O)N(C)c2ccccc2)c1. The topological polar surface area (TPSA) is 62.6 Å². The number of para-hydroxylation sites is 1. The van der Waals surface area contributed by atoms with Crippen molar-refractivity contribution < 1.29 is 14.0 Å². The number of likely N-dealkylation sites (N-methyl/N-ethyl adjacent to an activating group) is 1. The quantitative estimate of drug-likeness (QED) is 0.566. The molecule has 0 radical (unpaired) electrons. The summed E-state index contributed by atoms with van der Waals surface area (Å²) in [5.41, 5.74) is 1.45. The van der Waals surface area contributed by atoms with E-state index in [0.29, 0.717) is 17.7 Å². The molecule has 2 aromatic carbocycles. The first-order valence-electron chi connectivity index (χ1n) is 10.4. The summed E-state index contributed by atoms with van der Waals surface area (Å²) in [5, 5.41) is 0. The standard InChI is InChI=1S/C25H26FN3O3/c1-4-22(18-10-13-20(26)14-11-18)28(3)25(32)19-12-15-23(30)29(16-19)17-24(31)27(2)21-8-6-5-7-9-21/h5-16,22H,4,17H2,1-3H3/t22-/m0/s1.